The summed E-state index contributed by atoms with van der Waals surface area (Å²) >= 11 is 0. The quantitative estimate of drug-likeness (QED) is 0.283. The first-order valence-electron chi connectivity index (χ1n) is 13.2. The van der Waals surface area contributed by atoms with Crippen LogP contribution in [0, 0.1) is 6.92 Å². The van der Waals surface area contributed by atoms with Gasteiger partial charge >= 0.3 is 6.05 Å². The lowest BCUT2D eigenvalue weighted by Crippen LogP contribution is -2.52. The Morgan fingerprint density at radius 2 is 1.77 bits per heavy atom. The minimum atomic E-state index is -3.09. The van der Waals surface area contributed by atoms with Crippen molar-refractivity contribution in [2.75, 3.05) is 43.4 Å². The van der Waals surface area contributed by atoms with Gasteiger partial charge in [-0.05, 0) is 61.5 Å². The molecule has 2 aromatic carbocycles. The Kier molecular flexibility index (Phi) is 8.09. The van der Waals surface area contributed by atoms with Gasteiger partial charge in [0.15, 0.2) is 0 Å². The number of likely N-dealkylation sites (N-methyl/N-ethyl adjacent to an activating group) is 1. The van der Waals surface area contributed by atoms with Crippen LogP contribution in [0.2, 0.25) is 0 Å². The highest BCUT2D eigenvalue weighted by molar-refractivity contribution is 6.04. The highest BCUT2D eigenvalue weighted by Crippen LogP contribution is 2.33. The van der Waals surface area contributed by atoms with Gasteiger partial charge in [-0.3, -0.25) is 9.78 Å². The number of rotatable bonds is 8. The molecule has 0 aliphatic carbocycles. The van der Waals surface area contributed by atoms with Gasteiger partial charge in [0.25, 0.3) is 5.91 Å². The van der Waals surface area contributed by atoms with Crippen LogP contribution in [0.3, 0.4) is 0 Å². The van der Waals surface area contributed by atoms with E-state index in [1.54, 1.807) is 36.8 Å². The predicted octanol–water partition coefficient (Wildman–Crippen LogP) is 5.53. The number of aryl methyl sites for hydroxylation is 1. The molecule has 3 heterocycles. The number of aromatic nitrogens is 3. The number of piperazine rings is 1. The van der Waals surface area contributed by atoms with E-state index < -0.39 is 12.0 Å². The van der Waals surface area contributed by atoms with Gasteiger partial charge in [-0.15, -0.1) is 0 Å². The Balaban J connectivity index is 1.26. The van der Waals surface area contributed by atoms with Crippen molar-refractivity contribution in [1.29, 1.82) is 0 Å². The Hall–Kier alpha value is -4.28. The zero-order valence-electron chi connectivity index (χ0n) is 22.4. The third kappa shape index (κ3) is 6.13. The minimum absolute atomic E-state index is 0.121. The average Bonchev–Trinajstić information content (AvgIpc) is 2.99. The fraction of sp³-hybridized carbons (Fsp3) is 0.267. The summed E-state index contributed by atoms with van der Waals surface area (Å²) in [5.41, 5.74) is 3.96. The summed E-state index contributed by atoms with van der Waals surface area (Å²) in [5, 5.41) is 6.06. The third-order valence-corrected chi connectivity index (χ3v) is 7.07. The molecule has 1 fully saturated rings. The van der Waals surface area contributed by atoms with Crippen LogP contribution < -0.4 is 10.6 Å². The summed E-state index contributed by atoms with van der Waals surface area (Å²) in [4.78, 5) is 29.3. The number of alkyl halides is 2. The second-order valence-electron chi connectivity index (χ2n) is 9.66. The summed E-state index contributed by atoms with van der Waals surface area (Å²) in [6.45, 7) is 6.64. The van der Waals surface area contributed by atoms with Crippen LogP contribution in [-0.4, -0.2) is 63.4 Å². The average molecular weight is 544 g/mol. The molecular formula is C30H31F2N7O. The van der Waals surface area contributed by atoms with Crippen molar-refractivity contribution >= 4 is 23.2 Å². The van der Waals surface area contributed by atoms with Gasteiger partial charge < -0.3 is 15.5 Å². The second kappa shape index (κ2) is 11.8. The maximum atomic E-state index is 15.1. The number of nitrogens with zero attached hydrogens (tertiary/aromatic N) is 5. The lowest BCUT2D eigenvalue weighted by molar-refractivity contribution is -0.167. The van der Waals surface area contributed by atoms with Crippen molar-refractivity contribution in [3.05, 3.63) is 95.9 Å². The summed E-state index contributed by atoms with van der Waals surface area (Å²) in [7, 11) is 0. The van der Waals surface area contributed by atoms with Crippen LogP contribution in [0.1, 0.15) is 28.4 Å². The van der Waals surface area contributed by atoms with Crippen LogP contribution in [0.5, 0.6) is 0 Å². The van der Waals surface area contributed by atoms with Crippen molar-refractivity contribution in [2.24, 2.45) is 0 Å². The first kappa shape index (κ1) is 27.3. The molecule has 8 nitrogen and oxygen atoms in total. The maximum Gasteiger partial charge on any atom is 0.331 e. The van der Waals surface area contributed by atoms with Gasteiger partial charge in [-0.2, -0.15) is 8.78 Å². The molecule has 1 aliphatic rings. The van der Waals surface area contributed by atoms with E-state index in [9.17, 15) is 4.79 Å². The van der Waals surface area contributed by atoms with Crippen LogP contribution in [-0.2, 0) is 6.05 Å². The zero-order valence-corrected chi connectivity index (χ0v) is 22.4. The fourth-order valence-electron chi connectivity index (χ4n) is 4.60. The Bertz CT molecular complexity index is 1460. The van der Waals surface area contributed by atoms with E-state index in [0.717, 1.165) is 29.1 Å². The molecule has 5 rings (SSSR count). The van der Waals surface area contributed by atoms with Gasteiger partial charge in [-0.25, -0.2) is 14.9 Å². The molecule has 0 spiro atoms. The molecule has 0 radical (unpaired) electrons. The molecule has 40 heavy (non-hydrogen) atoms. The van der Waals surface area contributed by atoms with Crippen LogP contribution in [0.25, 0.3) is 11.3 Å². The Labute approximate surface area is 232 Å². The number of nitrogens with one attached hydrogen (secondary N) is 2. The number of halogens is 2. The Morgan fingerprint density at radius 1 is 1.00 bits per heavy atom. The molecular weight excluding hydrogens is 512 g/mol. The molecule has 1 saturated heterocycles. The number of benzene rings is 2. The van der Waals surface area contributed by atoms with Gasteiger partial charge in [0.1, 0.15) is 0 Å². The van der Waals surface area contributed by atoms with Crippen LogP contribution in [0.15, 0.2) is 79.3 Å². The number of hydrogen-bond acceptors (Lipinski definition) is 7. The summed E-state index contributed by atoms with van der Waals surface area (Å²) in [5.74, 6) is 0.0107. The molecule has 10 heteroatoms. The number of hydrogen-bond donors (Lipinski definition) is 2. The van der Waals surface area contributed by atoms with E-state index >= 15 is 8.78 Å². The number of carbonyl (C=O) groups is 1. The third-order valence-electron chi connectivity index (χ3n) is 7.07. The van der Waals surface area contributed by atoms with E-state index in [1.165, 1.54) is 29.2 Å². The molecule has 0 unspecified atom stereocenters. The van der Waals surface area contributed by atoms with Crippen LogP contribution in [0.4, 0.5) is 26.1 Å². The van der Waals surface area contributed by atoms with Gasteiger partial charge in [0.05, 0.1) is 5.69 Å². The number of anilines is 3. The molecule has 0 atom stereocenters. The number of carbonyl (C=O) groups excluding carboxylic acids is 1. The molecule has 2 N–H and O–H groups in total. The van der Waals surface area contributed by atoms with Crippen LogP contribution >= 0.6 is 0 Å². The van der Waals surface area contributed by atoms with Gasteiger partial charge in [-0.1, -0.05) is 25.1 Å². The molecule has 1 amide bonds. The van der Waals surface area contributed by atoms with E-state index in [-0.39, 0.29) is 11.1 Å². The monoisotopic (exact) mass is 543 g/mol. The standard InChI is InChI=1S/C30H31F2N7O/c1-3-38-15-17-39(18-16-38)30(31,32)24-9-7-22(8-10-24)28(40)35-25-11-6-21(2)27(19-25)37-29-34-14-12-26(36-29)23-5-4-13-33-20-23/h4-14,19-20H,3,15-18H2,1-2H3,(H,35,40)(H,34,36,37). The molecule has 2 aromatic heterocycles. The molecule has 0 saturated carbocycles. The van der Waals surface area contributed by atoms with Crippen molar-refractivity contribution in [1.82, 2.24) is 24.8 Å². The summed E-state index contributed by atoms with van der Waals surface area (Å²) in [6.07, 6.45) is 5.10. The number of amides is 1. The first-order chi connectivity index (χ1) is 19.3. The van der Waals surface area contributed by atoms with E-state index in [2.05, 4.69) is 30.5 Å². The van der Waals surface area contributed by atoms with E-state index in [1.807, 2.05) is 32.0 Å². The lowest BCUT2D eigenvalue weighted by atomic mass is 10.1. The summed E-state index contributed by atoms with van der Waals surface area (Å²) < 4.78 is 30.2. The zero-order chi connectivity index (χ0) is 28.1. The van der Waals surface area contributed by atoms with Crippen molar-refractivity contribution < 1.29 is 13.6 Å². The van der Waals surface area contributed by atoms with E-state index in [0.29, 0.717) is 37.8 Å². The largest absolute Gasteiger partial charge is 0.331 e. The normalized spacial score (nSPS) is 14.6. The highest BCUT2D eigenvalue weighted by Gasteiger charge is 2.40. The van der Waals surface area contributed by atoms with Crippen molar-refractivity contribution in [3.63, 3.8) is 0 Å². The SMILES string of the molecule is CCN1CCN(C(F)(F)c2ccc(C(=O)Nc3ccc(C)c(Nc4nccc(-c5cccnc5)n4)c3)cc2)CC1. The first-order valence-corrected chi connectivity index (χ1v) is 13.2. The predicted molar refractivity (Wildman–Crippen MR) is 152 cm³/mol. The molecule has 0 bridgehead atoms. The Morgan fingerprint density at radius 3 is 2.48 bits per heavy atom. The topological polar surface area (TPSA) is 86.3 Å². The summed E-state index contributed by atoms with van der Waals surface area (Å²) in [6, 6.07) is 13.4. The lowest BCUT2D eigenvalue weighted by Gasteiger charge is -2.38. The van der Waals surface area contributed by atoms with Crippen molar-refractivity contribution in [3.8, 4) is 11.3 Å². The fourth-order valence-corrected chi connectivity index (χ4v) is 4.60. The molecule has 206 valence electrons. The smallest absolute Gasteiger partial charge is 0.324 e. The van der Waals surface area contributed by atoms with Gasteiger partial charge in [0.2, 0.25) is 5.95 Å². The second-order valence-corrected chi connectivity index (χ2v) is 9.66. The van der Waals surface area contributed by atoms with Crippen molar-refractivity contribution in [2.45, 2.75) is 19.9 Å². The number of pyridine rings is 1. The van der Waals surface area contributed by atoms with E-state index in [4.69, 9.17) is 0 Å². The maximum absolute atomic E-state index is 15.1. The van der Waals surface area contributed by atoms with Gasteiger partial charge in [0, 0.05) is 72.8 Å². The molecule has 4 aromatic rings. The highest BCUT2D eigenvalue weighted by atomic mass is 19.3. The minimum Gasteiger partial charge on any atom is -0.324 e. The molecule has 1 aliphatic heterocycles.